The standard InChI is InChI=1S/C18H29N5O10S/c1-34-5-4-8(19)15(29)21-9(2-3-12(20)24)16(30)22-10(6-13(25)26)17(31)23-11(18(32)33)7-14(27)28/h8-11H,2-7,19H2,1H3,(H2,20,24)(H,21,29)(H,22,30)(H,23,31)(H,25,26)(H,27,28)(H,32,33). The van der Waals surface area contributed by atoms with Crippen molar-refractivity contribution in [2.24, 2.45) is 11.5 Å². The minimum absolute atomic E-state index is 0.279. The number of carboxylic acid groups (broad SMARTS) is 3. The van der Waals surface area contributed by atoms with Crippen LogP contribution < -0.4 is 27.4 Å². The van der Waals surface area contributed by atoms with Gasteiger partial charge in [0.15, 0.2) is 0 Å². The molecule has 0 aromatic carbocycles. The van der Waals surface area contributed by atoms with Gasteiger partial charge in [0, 0.05) is 6.42 Å². The Morgan fingerprint density at radius 3 is 1.71 bits per heavy atom. The van der Waals surface area contributed by atoms with Crippen LogP contribution >= 0.6 is 11.8 Å². The van der Waals surface area contributed by atoms with Crippen LogP contribution in [0, 0.1) is 0 Å². The summed E-state index contributed by atoms with van der Waals surface area (Å²) in [6.45, 7) is 0. The Labute approximate surface area is 198 Å². The lowest BCUT2D eigenvalue weighted by atomic mass is 10.1. The Morgan fingerprint density at radius 1 is 0.765 bits per heavy atom. The fourth-order valence-electron chi connectivity index (χ4n) is 2.51. The number of hydrogen-bond donors (Lipinski definition) is 8. The lowest BCUT2D eigenvalue weighted by Gasteiger charge is -2.24. The third-order valence-corrected chi connectivity index (χ3v) is 4.93. The topological polar surface area (TPSA) is 268 Å². The Balaban J connectivity index is 5.56. The molecule has 4 atom stereocenters. The summed E-state index contributed by atoms with van der Waals surface area (Å²) in [6.07, 6.45) is -0.539. The molecule has 0 spiro atoms. The number of carbonyl (C=O) groups is 7. The van der Waals surface area contributed by atoms with Crippen LogP contribution in [-0.2, 0) is 33.6 Å². The number of carbonyl (C=O) groups excluding carboxylic acids is 4. The summed E-state index contributed by atoms with van der Waals surface area (Å²) in [6, 6.07) is -6.11. The zero-order valence-corrected chi connectivity index (χ0v) is 19.1. The summed E-state index contributed by atoms with van der Waals surface area (Å²) in [5.41, 5.74) is 10.8. The summed E-state index contributed by atoms with van der Waals surface area (Å²) in [7, 11) is 0. The Bertz CT molecular complexity index is 793. The average Bonchev–Trinajstić information content (AvgIpc) is 2.72. The van der Waals surface area contributed by atoms with Crippen LogP contribution in [0.2, 0.25) is 0 Å². The maximum atomic E-state index is 12.7. The van der Waals surface area contributed by atoms with Crippen LogP contribution in [0.5, 0.6) is 0 Å². The fraction of sp³-hybridized carbons (Fsp3) is 0.611. The summed E-state index contributed by atoms with van der Waals surface area (Å²) in [5.74, 6) is -8.08. The molecule has 0 heterocycles. The molecule has 0 aromatic heterocycles. The molecule has 0 aliphatic heterocycles. The van der Waals surface area contributed by atoms with Gasteiger partial charge in [0.2, 0.25) is 23.6 Å². The first-order valence-corrected chi connectivity index (χ1v) is 11.3. The van der Waals surface area contributed by atoms with E-state index < -0.39 is 78.5 Å². The van der Waals surface area contributed by atoms with E-state index in [-0.39, 0.29) is 19.3 Å². The minimum Gasteiger partial charge on any atom is -0.481 e. The molecule has 192 valence electrons. The number of primary amides is 1. The first kappa shape index (κ1) is 30.6. The van der Waals surface area contributed by atoms with Crippen LogP contribution in [0.1, 0.15) is 32.1 Å². The molecule has 0 aliphatic rings. The second-order valence-corrected chi connectivity index (χ2v) is 8.10. The van der Waals surface area contributed by atoms with Gasteiger partial charge in [-0.05, 0) is 24.9 Å². The molecule has 0 saturated heterocycles. The van der Waals surface area contributed by atoms with Gasteiger partial charge >= 0.3 is 17.9 Å². The van der Waals surface area contributed by atoms with Gasteiger partial charge in [0.1, 0.15) is 18.1 Å². The largest absolute Gasteiger partial charge is 0.481 e. The Morgan fingerprint density at radius 2 is 1.24 bits per heavy atom. The Hall–Kier alpha value is -3.40. The van der Waals surface area contributed by atoms with E-state index in [1.54, 1.807) is 6.26 Å². The summed E-state index contributed by atoms with van der Waals surface area (Å²) >= 11 is 1.44. The molecule has 0 aromatic rings. The fourth-order valence-corrected chi connectivity index (χ4v) is 3.00. The quantitative estimate of drug-likeness (QED) is 0.0968. The molecule has 0 bridgehead atoms. The van der Waals surface area contributed by atoms with E-state index in [1.807, 2.05) is 5.32 Å². The van der Waals surface area contributed by atoms with Crippen molar-refractivity contribution in [1.29, 1.82) is 0 Å². The third kappa shape index (κ3) is 12.6. The van der Waals surface area contributed by atoms with Crippen molar-refractivity contribution < 1.29 is 48.9 Å². The molecule has 15 nitrogen and oxygen atoms in total. The van der Waals surface area contributed by atoms with Gasteiger partial charge in [-0.3, -0.25) is 28.8 Å². The van der Waals surface area contributed by atoms with Crippen molar-refractivity contribution >= 4 is 53.3 Å². The number of amides is 4. The number of aliphatic carboxylic acids is 3. The number of hydrogen-bond acceptors (Lipinski definition) is 9. The number of nitrogens with two attached hydrogens (primary N) is 2. The van der Waals surface area contributed by atoms with Crippen molar-refractivity contribution in [3.05, 3.63) is 0 Å². The SMILES string of the molecule is CSCCC(N)C(=O)NC(CCC(N)=O)C(=O)NC(CC(=O)O)C(=O)NC(CC(=O)O)C(=O)O. The van der Waals surface area contributed by atoms with Crippen LogP contribution in [0.3, 0.4) is 0 Å². The predicted octanol–water partition coefficient (Wildman–Crippen LogP) is -3.18. The van der Waals surface area contributed by atoms with Gasteiger partial charge in [0.25, 0.3) is 0 Å². The molecule has 16 heteroatoms. The first-order chi connectivity index (χ1) is 15.8. The van der Waals surface area contributed by atoms with Gasteiger partial charge in [-0.25, -0.2) is 4.79 Å². The smallest absolute Gasteiger partial charge is 0.326 e. The lowest BCUT2D eigenvalue weighted by molar-refractivity contribution is -0.148. The van der Waals surface area contributed by atoms with Crippen molar-refractivity contribution in [2.45, 2.75) is 56.3 Å². The van der Waals surface area contributed by atoms with E-state index in [1.165, 1.54) is 11.8 Å². The van der Waals surface area contributed by atoms with Gasteiger partial charge < -0.3 is 42.7 Å². The molecule has 4 unspecified atom stereocenters. The van der Waals surface area contributed by atoms with E-state index in [0.29, 0.717) is 5.75 Å². The Kier molecular flexibility index (Phi) is 13.9. The molecule has 0 rings (SSSR count). The molecule has 0 radical (unpaired) electrons. The molecule has 0 saturated carbocycles. The predicted molar refractivity (Wildman–Crippen MR) is 117 cm³/mol. The van der Waals surface area contributed by atoms with E-state index >= 15 is 0 Å². The summed E-state index contributed by atoms with van der Waals surface area (Å²) in [5, 5.41) is 33.1. The van der Waals surface area contributed by atoms with E-state index in [2.05, 4.69) is 10.6 Å². The second kappa shape index (κ2) is 15.4. The van der Waals surface area contributed by atoms with Gasteiger partial charge in [-0.15, -0.1) is 0 Å². The highest BCUT2D eigenvalue weighted by atomic mass is 32.2. The average molecular weight is 508 g/mol. The van der Waals surface area contributed by atoms with Crippen LogP contribution in [0.15, 0.2) is 0 Å². The highest BCUT2D eigenvalue weighted by Gasteiger charge is 2.32. The number of nitrogens with one attached hydrogen (secondary N) is 3. The number of rotatable bonds is 17. The zero-order chi connectivity index (χ0) is 26.4. The van der Waals surface area contributed by atoms with Crippen molar-refractivity contribution in [3.63, 3.8) is 0 Å². The maximum absolute atomic E-state index is 12.7. The van der Waals surface area contributed by atoms with Crippen LogP contribution in [0.4, 0.5) is 0 Å². The van der Waals surface area contributed by atoms with Crippen molar-refractivity contribution in [3.8, 4) is 0 Å². The van der Waals surface area contributed by atoms with E-state index in [0.717, 1.165) is 0 Å². The summed E-state index contributed by atoms with van der Waals surface area (Å²) in [4.78, 5) is 81.7. The molecule has 10 N–H and O–H groups in total. The highest BCUT2D eigenvalue weighted by molar-refractivity contribution is 7.98. The molecule has 4 amide bonds. The molecular weight excluding hydrogens is 478 g/mol. The zero-order valence-electron chi connectivity index (χ0n) is 18.3. The minimum atomic E-state index is -1.89. The molecular formula is C18H29N5O10S. The van der Waals surface area contributed by atoms with Crippen LogP contribution in [0.25, 0.3) is 0 Å². The summed E-state index contributed by atoms with van der Waals surface area (Å²) < 4.78 is 0. The molecule has 0 fully saturated rings. The van der Waals surface area contributed by atoms with Crippen molar-refractivity contribution in [1.82, 2.24) is 16.0 Å². The lowest BCUT2D eigenvalue weighted by Crippen LogP contribution is -2.57. The van der Waals surface area contributed by atoms with Crippen LogP contribution in [-0.4, -0.2) is 93.0 Å². The number of carboxylic acids is 3. The van der Waals surface area contributed by atoms with Gasteiger partial charge in [-0.1, -0.05) is 0 Å². The monoisotopic (exact) mass is 507 g/mol. The number of thioether (sulfide) groups is 1. The van der Waals surface area contributed by atoms with Gasteiger partial charge in [-0.2, -0.15) is 11.8 Å². The normalized spacial score (nSPS) is 14.1. The first-order valence-electron chi connectivity index (χ1n) is 9.88. The highest BCUT2D eigenvalue weighted by Crippen LogP contribution is 2.05. The van der Waals surface area contributed by atoms with E-state index in [4.69, 9.17) is 26.8 Å². The van der Waals surface area contributed by atoms with Crippen molar-refractivity contribution in [2.75, 3.05) is 12.0 Å². The second-order valence-electron chi connectivity index (χ2n) is 7.11. The maximum Gasteiger partial charge on any atom is 0.326 e. The van der Waals surface area contributed by atoms with Gasteiger partial charge in [0.05, 0.1) is 18.9 Å². The molecule has 0 aliphatic carbocycles. The third-order valence-electron chi connectivity index (χ3n) is 4.29. The molecule has 34 heavy (non-hydrogen) atoms. The van der Waals surface area contributed by atoms with E-state index in [9.17, 15) is 33.6 Å².